The van der Waals surface area contributed by atoms with Crippen LogP contribution in [-0.2, 0) is 16.9 Å². The molecule has 0 saturated heterocycles. The van der Waals surface area contributed by atoms with Crippen LogP contribution in [0.5, 0.6) is 0 Å². The quantitative estimate of drug-likeness (QED) is 0.445. The maximum Gasteiger partial charge on any atom is 0.406 e. The normalized spacial score (nSPS) is 11.4. The van der Waals surface area contributed by atoms with Gasteiger partial charge in [0.15, 0.2) is 0 Å². The number of imidazole rings is 1. The Kier molecular flexibility index (Phi) is 4.05. The lowest BCUT2D eigenvalue weighted by atomic mass is 10.4. The molecule has 0 aromatic carbocycles. The molecule has 1 heterocycles. The molecular weight excluding hydrogens is 248 g/mol. The molecule has 0 spiro atoms. The van der Waals surface area contributed by atoms with E-state index >= 15 is 0 Å². The van der Waals surface area contributed by atoms with E-state index in [2.05, 4.69) is 10.3 Å². The fourth-order valence-electron chi connectivity index (χ4n) is 1.30. The van der Waals surface area contributed by atoms with Crippen molar-refractivity contribution in [2.45, 2.75) is 6.42 Å². The minimum Gasteiger partial charge on any atom is -0.364 e. The Morgan fingerprint density at radius 3 is 2.76 bits per heavy atom. The van der Waals surface area contributed by atoms with Crippen molar-refractivity contribution in [2.75, 3.05) is 23.9 Å². The fraction of sp³-hybridized carbons (Fsp3) is 0.625. The van der Waals surface area contributed by atoms with Crippen LogP contribution in [0.1, 0.15) is 6.42 Å². The average molecular weight is 262 g/mol. The summed E-state index contributed by atoms with van der Waals surface area (Å²) in [7, 11) is -1.37. The van der Waals surface area contributed by atoms with Crippen LogP contribution in [0.25, 0.3) is 0 Å². The van der Waals surface area contributed by atoms with Crippen LogP contribution >= 0.6 is 0 Å². The van der Waals surface area contributed by atoms with E-state index in [4.69, 9.17) is 0 Å². The summed E-state index contributed by atoms with van der Waals surface area (Å²) < 4.78 is 23.2. The van der Waals surface area contributed by atoms with Gasteiger partial charge in [0, 0.05) is 19.8 Å². The number of sulfone groups is 1. The Morgan fingerprint density at radius 2 is 2.24 bits per heavy atom. The molecule has 96 valence electrons. The van der Waals surface area contributed by atoms with E-state index in [1.165, 1.54) is 10.9 Å². The third-order valence-corrected chi connectivity index (χ3v) is 3.11. The first-order valence-electron chi connectivity index (χ1n) is 4.88. The molecule has 0 aliphatic carbocycles. The van der Waals surface area contributed by atoms with Crippen LogP contribution in [0.4, 0.5) is 11.6 Å². The molecule has 0 bridgehead atoms. The average Bonchev–Trinajstić information content (AvgIpc) is 2.53. The molecule has 1 rings (SSSR count). The Morgan fingerprint density at radius 1 is 1.59 bits per heavy atom. The molecule has 1 aromatic heterocycles. The third kappa shape index (κ3) is 4.02. The predicted molar refractivity (Wildman–Crippen MR) is 62.7 cm³/mol. The van der Waals surface area contributed by atoms with Crippen molar-refractivity contribution in [1.29, 1.82) is 0 Å². The second-order valence-corrected chi connectivity index (χ2v) is 5.95. The highest BCUT2D eigenvalue weighted by Crippen LogP contribution is 2.20. The first-order chi connectivity index (χ1) is 7.81. The molecule has 0 aliphatic rings. The molecular formula is C8H14N4O4S. The molecule has 1 aromatic rings. The molecule has 8 nitrogen and oxygen atoms in total. The summed E-state index contributed by atoms with van der Waals surface area (Å²) >= 11 is 0. The van der Waals surface area contributed by atoms with Gasteiger partial charge in [-0.1, -0.05) is 0 Å². The Hall–Kier alpha value is -1.64. The predicted octanol–water partition coefficient (Wildman–Crippen LogP) is 0.175. The summed E-state index contributed by atoms with van der Waals surface area (Å²) in [5.74, 6) is 0.0707. The summed E-state index contributed by atoms with van der Waals surface area (Å²) in [5, 5.41) is 13.4. The largest absolute Gasteiger partial charge is 0.406 e. The molecule has 0 fully saturated rings. The van der Waals surface area contributed by atoms with Crippen molar-refractivity contribution in [3.05, 3.63) is 16.4 Å². The molecule has 0 aliphatic heterocycles. The van der Waals surface area contributed by atoms with Gasteiger partial charge in [-0.2, -0.15) is 0 Å². The number of aryl methyl sites for hydroxylation is 1. The molecule has 0 radical (unpaired) electrons. The van der Waals surface area contributed by atoms with E-state index in [0.717, 1.165) is 6.26 Å². The molecule has 17 heavy (non-hydrogen) atoms. The van der Waals surface area contributed by atoms with Crippen molar-refractivity contribution in [2.24, 2.45) is 7.05 Å². The zero-order valence-corrected chi connectivity index (χ0v) is 10.4. The minimum absolute atomic E-state index is 0.0473. The van der Waals surface area contributed by atoms with Crippen molar-refractivity contribution in [1.82, 2.24) is 9.55 Å². The van der Waals surface area contributed by atoms with Crippen molar-refractivity contribution >= 4 is 21.5 Å². The maximum absolute atomic E-state index is 10.9. The highest BCUT2D eigenvalue weighted by molar-refractivity contribution is 7.90. The lowest BCUT2D eigenvalue weighted by molar-refractivity contribution is -0.388. The zero-order chi connectivity index (χ0) is 13.1. The number of hydrogen-bond donors (Lipinski definition) is 1. The van der Waals surface area contributed by atoms with Crippen LogP contribution in [0.3, 0.4) is 0 Å². The summed E-state index contributed by atoms with van der Waals surface area (Å²) in [6.07, 6.45) is 2.87. The van der Waals surface area contributed by atoms with Crippen molar-refractivity contribution < 1.29 is 13.3 Å². The lowest BCUT2D eigenvalue weighted by Gasteiger charge is -2.05. The van der Waals surface area contributed by atoms with Gasteiger partial charge in [-0.15, -0.1) is 0 Å². The first-order valence-corrected chi connectivity index (χ1v) is 6.94. The maximum atomic E-state index is 10.9. The van der Waals surface area contributed by atoms with E-state index in [1.54, 1.807) is 7.05 Å². The van der Waals surface area contributed by atoms with Crippen molar-refractivity contribution in [3.8, 4) is 0 Å². The van der Waals surface area contributed by atoms with E-state index in [0.29, 0.717) is 13.0 Å². The molecule has 9 heteroatoms. The summed E-state index contributed by atoms with van der Waals surface area (Å²) in [6.45, 7) is 0.341. The molecule has 0 unspecified atom stereocenters. The van der Waals surface area contributed by atoms with Gasteiger partial charge in [-0.3, -0.25) is 4.57 Å². The van der Waals surface area contributed by atoms with Gasteiger partial charge in [0.05, 0.1) is 5.75 Å². The van der Waals surface area contributed by atoms with E-state index in [9.17, 15) is 18.5 Å². The van der Waals surface area contributed by atoms with Crippen LogP contribution < -0.4 is 5.32 Å². The smallest absolute Gasteiger partial charge is 0.364 e. The number of nitrogens with zero attached hydrogens (tertiary/aromatic N) is 3. The van der Waals surface area contributed by atoms with Crippen LogP contribution in [0.15, 0.2) is 6.33 Å². The van der Waals surface area contributed by atoms with Gasteiger partial charge in [-0.05, 0) is 16.3 Å². The van der Waals surface area contributed by atoms with Crippen molar-refractivity contribution in [3.63, 3.8) is 0 Å². The number of aromatic nitrogens is 2. The lowest BCUT2D eigenvalue weighted by Crippen LogP contribution is -2.12. The van der Waals surface area contributed by atoms with E-state index < -0.39 is 14.8 Å². The SMILES string of the molecule is Cn1cnc([N+](=O)[O-])c1NCCCS(C)(=O)=O. The molecule has 0 atom stereocenters. The van der Waals surface area contributed by atoms with Gasteiger partial charge in [0.2, 0.25) is 12.1 Å². The monoisotopic (exact) mass is 262 g/mol. The van der Waals surface area contributed by atoms with Gasteiger partial charge in [0.25, 0.3) is 0 Å². The van der Waals surface area contributed by atoms with E-state index in [1.807, 2.05) is 0 Å². The zero-order valence-electron chi connectivity index (χ0n) is 9.58. The van der Waals surface area contributed by atoms with Crippen LogP contribution in [0, 0.1) is 10.1 Å². The second kappa shape index (κ2) is 5.13. The fourth-order valence-corrected chi connectivity index (χ4v) is 1.97. The summed E-state index contributed by atoms with van der Waals surface area (Å²) in [6, 6.07) is 0. The highest BCUT2D eigenvalue weighted by atomic mass is 32.2. The first kappa shape index (κ1) is 13.4. The number of nitro groups is 1. The number of rotatable bonds is 6. The topological polar surface area (TPSA) is 107 Å². The number of anilines is 1. The molecule has 0 amide bonds. The van der Waals surface area contributed by atoms with Gasteiger partial charge in [0.1, 0.15) is 9.84 Å². The second-order valence-electron chi connectivity index (χ2n) is 3.70. The van der Waals surface area contributed by atoms with Crippen LogP contribution in [-0.4, -0.2) is 41.4 Å². The van der Waals surface area contributed by atoms with Gasteiger partial charge >= 0.3 is 5.82 Å². The summed E-state index contributed by atoms with van der Waals surface area (Å²) in [4.78, 5) is 13.7. The molecule has 0 saturated carbocycles. The summed E-state index contributed by atoms with van der Waals surface area (Å²) in [5.41, 5.74) is 0. The Labute approximate surface area is 98.7 Å². The molecule has 1 N–H and O–H groups in total. The third-order valence-electron chi connectivity index (χ3n) is 2.08. The Bertz CT molecular complexity index is 508. The number of hydrogen-bond acceptors (Lipinski definition) is 6. The Balaban J connectivity index is 2.57. The van der Waals surface area contributed by atoms with Gasteiger partial charge in [-0.25, -0.2) is 8.42 Å². The highest BCUT2D eigenvalue weighted by Gasteiger charge is 2.19. The number of nitrogens with one attached hydrogen (secondary N) is 1. The standard InChI is InChI=1S/C8H14N4O4S/c1-11-6-10-8(12(13)14)7(11)9-4-3-5-17(2,15)16/h6,9H,3-5H2,1-2H3. The van der Waals surface area contributed by atoms with Gasteiger partial charge < -0.3 is 15.4 Å². The van der Waals surface area contributed by atoms with Crippen LogP contribution in [0.2, 0.25) is 0 Å². The minimum atomic E-state index is -3.00. The van der Waals surface area contributed by atoms with E-state index in [-0.39, 0.29) is 17.4 Å².